The Labute approximate surface area is 183 Å². The topological polar surface area (TPSA) is 111 Å². The molecule has 0 atom stereocenters. The van der Waals surface area contributed by atoms with E-state index in [1.807, 2.05) is 24.3 Å². The molecule has 0 radical (unpaired) electrons. The van der Waals surface area contributed by atoms with E-state index >= 15 is 0 Å². The fourth-order valence-electron chi connectivity index (χ4n) is 3.62. The number of fused-ring (bicyclic) bond motifs is 1. The van der Waals surface area contributed by atoms with Crippen molar-refractivity contribution in [2.24, 2.45) is 5.92 Å². The van der Waals surface area contributed by atoms with Crippen molar-refractivity contribution in [1.29, 1.82) is 0 Å². The Hall–Kier alpha value is -3.14. The summed E-state index contributed by atoms with van der Waals surface area (Å²) in [7, 11) is 1.62. The molecule has 1 aromatic carbocycles. The number of nitrogens with one attached hydrogen (secondary N) is 2. The number of carbonyl (C=O) groups is 2. The van der Waals surface area contributed by atoms with Crippen LogP contribution in [-0.4, -0.2) is 44.4 Å². The van der Waals surface area contributed by atoms with Crippen LogP contribution in [0, 0.1) is 5.92 Å². The predicted molar refractivity (Wildman–Crippen MR) is 117 cm³/mol. The maximum absolute atomic E-state index is 12.2. The third-order valence-corrected chi connectivity index (χ3v) is 6.29. The number of ether oxygens (including phenoxy) is 1. The lowest BCUT2D eigenvalue weighted by Gasteiger charge is -2.20. The van der Waals surface area contributed by atoms with Crippen LogP contribution in [0.15, 0.2) is 41.8 Å². The first kappa shape index (κ1) is 21.1. The van der Waals surface area contributed by atoms with E-state index in [9.17, 15) is 9.59 Å². The molecule has 2 heterocycles. The van der Waals surface area contributed by atoms with Gasteiger partial charge in [-0.1, -0.05) is 31.0 Å². The van der Waals surface area contributed by atoms with Gasteiger partial charge in [0.15, 0.2) is 5.65 Å². The third-order valence-electron chi connectivity index (χ3n) is 5.29. The summed E-state index contributed by atoms with van der Waals surface area (Å²) in [5.41, 5.74) is 6.54. The van der Waals surface area contributed by atoms with Crippen molar-refractivity contribution in [3.8, 4) is 11.4 Å². The molecule has 3 aromatic rings. The quantitative estimate of drug-likeness (QED) is 0.344. The van der Waals surface area contributed by atoms with Crippen molar-refractivity contribution in [3.05, 3.63) is 36.8 Å². The number of benzene rings is 1. The molecule has 0 saturated heterocycles. The van der Waals surface area contributed by atoms with Gasteiger partial charge >= 0.3 is 0 Å². The molecule has 0 aliphatic heterocycles. The van der Waals surface area contributed by atoms with Crippen LogP contribution < -0.4 is 15.6 Å². The molecule has 1 aliphatic rings. The zero-order chi connectivity index (χ0) is 21.6. The van der Waals surface area contributed by atoms with Crippen molar-refractivity contribution >= 4 is 34.6 Å². The lowest BCUT2D eigenvalue weighted by Crippen LogP contribution is -2.45. The molecule has 0 bridgehead atoms. The van der Waals surface area contributed by atoms with E-state index < -0.39 is 0 Å². The largest absolute Gasteiger partial charge is 0.497 e. The molecule has 1 saturated carbocycles. The normalized spacial score (nSPS) is 14.4. The number of amides is 2. The van der Waals surface area contributed by atoms with Gasteiger partial charge in [0.2, 0.25) is 11.8 Å². The maximum atomic E-state index is 12.2. The summed E-state index contributed by atoms with van der Waals surface area (Å²) in [6, 6.07) is 7.49. The highest BCUT2D eigenvalue weighted by Crippen LogP contribution is 2.26. The number of aromatic nitrogens is 4. The zero-order valence-corrected chi connectivity index (χ0v) is 18.0. The second-order valence-corrected chi connectivity index (χ2v) is 8.30. The van der Waals surface area contributed by atoms with Gasteiger partial charge in [0.25, 0.3) is 0 Å². The van der Waals surface area contributed by atoms with E-state index in [1.54, 1.807) is 18.0 Å². The minimum Gasteiger partial charge on any atom is -0.497 e. The van der Waals surface area contributed by atoms with Gasteiger partial charge in [-0.15, -0.1) is 0 Å². The smallest absolute Gasteiger partial charge is 0.248 e. The lowest BCUT2D eigenvalue weighted by atomic mass is 9.89. The molecule has 0 spiro atoms. The fraction of sp³-hybridized carbons (Fsp3) is 0.381. The first-order valence-corrected chi connectivity index (χ1v) is 11.2. The minimum absolute atomic E-state index is 0.00742. The molecule has 31 heavy (non-hydrogen) atoms. The molecule has 1 aliphatic carbocycles. The molecule has 4 rings (SSSR count). The first-order valence-electron chi connectivity index (χ1n) is 10.2. The van der Waals surface area contributed by atoms with Crippen LogP contribution in [-0.2, 0) is 9.59 Å². The van der Waals surface area contributed by atoms with Crippen LogP contribution in [0.25, 0.3) is 16.7 Å². The molecule has 10 heteroatoms. The molecule has 1 fully saturated rings. The summed E-state index contributed by atoms with van der Waals surface area (Å²) >= 11 is 1.27. The van der Waals surface area contributed by atoms with Crippen LogP contribution in [0.3, 0.4) is 0 Å². The first-order chi connectivity index (χ1) is 15.2. The molecular formula is C21H24N6O3S. The highest BCUT2D eigenvalue weighted by atomic mass is 32.2. The standard InChI is InChI=1S/C21H24N6O3S/c1-30-16-9-7-15(8-10-16)27-19-17(11-24-27)21(23-13-22-19)31-12-18(28)25-26-20(29)14-5-3-2-4-6-14/h7-11,13-14H,2-6,12H2,1H3,(H,25,28)(H,26,29). The summed E-state index contributed by atoms with van der Waals surface area (Å²) in [6.45, 7) is 0. The van der Waals surface area contributed by atoms with Crippen LogP contribution >= 0.6 is 11.8 Å². The van der Waals surface area contributed by atoms with E-state index in [2.05, 4.69) is 25.9 Å². The number of hydrogen-bond acceptors (Lipinski definition) is 7. The Balaban J connectivity index is 1.38. The van der Waals surface area contributed by atoms with Crippen LogP contribution in [0.4, 0.5) is 0 Å². The van der Waals surface area contributed by atoms with Crippen molar-refractivity contribution < 1.29 is 14.3 Å². The van der Waals surface area contributed by atoms with Gasteiger partial charge in [-0.3, -0.25) is 20.4 Å². The third kappa shape index (κ3) is 4.96. The van der Waals surface area contributed by atoms with Gasteiger partial charge in [0.1, 0.15) is 17.1 Å². The predicted octanol–water partition coefficient (Wildman–Crippen LogP) is 2.64. The van der Waals surface area contributed by atoms with Gasteiger partial charge < -0.3 is 4.74 Å². The maximum Gasteiger partial charge on any atom is 0.248 e. The fourth-order valence-corrected chi connectivity index (χ4v) is 4.38. The number of carbonyl (C=O) groups excluding carboxylic acids is 2. The Bertz CT molecular complexity index is 1060. The minimum atomic E-state index is -0.288. The average molecular weight is 441 g/mol. The Morgan fingerprint density at radius 1 is 1.13 bits per heavy atom. The Morgan fingerprint density at radius 3 is 2.65 bits per heavy atom. The molecule has 162 valence electrons. The lowest BCUT2D eigenvalue weighted by molar-refractivity contribution is -0.131. The van der Waals surface area contributed by atoms with Gasteiger partial charge in [0.05, 0.1) is 30.1 Å². The molecule has 9 nitrogen and oxygen atoms in total. The Morgan fingerprint density at radius 2 is 1.90 bits per heavy atom. The molecule has 0 unspecified atom stereocenters. The second kappa shape index (κ2) is 9.78. The monoisotopic (exact) mass is 440 g/mol. The van der Waals surface area contributed by atoms with Crippen molar-refractivity contribution in [3.63, 3.8) is 0 Å². The van der Waals surface area contributed by atoms with Crippen LogP contribution in [0.2, 0.25) is 0 Å². The number of hydrazine groups is 1. The number of methoxy groups -OCH3 is 1. The van der Waals surface area contributed by atoms with E-state index in [4.69, 9.17) is 4.74 Å². The van der Waals surface area contributed by atoms with E-state index in [0.29, 0.717) is 10.7 Å². The van der Waals surface area contributed by atoms with Gasteiger partial charge in [0, 0.05) is 5.92 Å². The SMILES string of the molecule is COc1ccc(-n2ncc3c(SCC(=O)NNC(=O)C4CCCCC4)ncnc32)cc1. The Kier molecular flexibility index (Phi) is 6.66. The summed E-state index contributed by atoms with van der Waals surface area (Å²) in [5, 5.41) is 5.83. The average Bonchev–Trinajstić information content (AvgIpc) is 3.26. The summed E-state index contributed by atoms with van der Waals surface area (Å²) in [5.74, 6) is 0.469. The van der Waals surface area contributed by atoms with Crippen LogP contribution in [0.5, 0.6) is 5.75 Å². The van der Waals surface area contributed by atoms with Gasteiger partial charge in [-0.2, -0.15) is 5.10 Å². The van der Waals surface area contributed by atoms with Crippen molar-refractivity contribution in [1.82, 2.24) is 30.6 Å². The number of thioether (sulfide) groups is 1. The highest BCUT2D eigenvalue weighted by molar-refractivity contribution is 8.00. The van der Waals surface area contributed by atoms with E-state index in [0.717, 1.165) is 42.5 Å². The second-order valence-electron chi connectivity index (χ2n) is 7.33. The van der Waals surface area contributed by atoms with Crippen molar-refractivity contribution in [2.75, 3.05) is 12.9 Å². The molecule has 2 aromatic heterocycles. The number of rotatable bonds is 6. The summed E-state index contributed by atoms with van der Waals surface area (Å²) in [4.78, 5) is 33.0. The van der Waals surface area contributed by atoms with E-state index in [-0.39, 0.29) is 23.5 Å². The van der Waals surface area contributed by atoms with Gasteiger partial charge in [-0.05, 0) is 37.1 Å². The molecule has 2 N–H and O–H groups in total. The molecule has 2 amide bonds. The summed E-state index contributed by atoms with van der Waals surface area (Å²) in [6.07, 6.45) is 8.21. The number of nitrogens with zero attached hydrogens (tertiary/aromatic N) is 4. The number of hydrogen-bond donors (Lipinski definition) is 2. The zero-order valence-electron chi connectivity index (χ0n) is 17.2. The van der Waals surface area contributed by atoms with Gasteiger partial charge in [-0.25, -0.2) is 14.6 Å². The summed E-state index contributed by atoms with van der Waals surface area (Å²) < 4.78 is 6.91. The van der Waals surface area contributed by atoms with E-state index in [1.165, 1.54) is 24.5 Å². The molecular weight excluding hydrogens is 416 g/mol. The highest BCUT2D eigenvalue weighted by Gasteiger charge is 2.21. The van der Waals surface area contributed by atoms with Crippen LogP contribution in [0.1, 0.15) is 32.1 Å². The van der Waals surface area contributed by atoms with Crippen molar-refractivity contribution in [2.45, 2.75) is 37.1 Å².